The number of fused-ring (bicyclic) bond motifs is 14. The van der Waals surface area contributed by atoms with Gasteiger partial charge in [0, 0.05) is 80.0 Å². The number of amides is 2. The van der Waals surface area contributed by atoms with E-state index in [4.69, 9.17) is 23.7 Å². The van der Waals surface area contributed by atoms with E-state index in [0.717, 1.165) is 0 Å². The number of Topliss-reactive ketones (excluding diaryl/α,β-unsaturated/α-hetero) is 1. The molecule has 9 unspecified atom stereocenters. The van der Waals surface area contributed by atoms with Gasteiger partial charge in [0.25, 0.3) is 17.6 Å². The summed E-state index contributed by atoms with van der Waals surface area (Å²) in [6.45, 7) is 11.8. The standard InChI is InChI=1S/C46H56N2O14/c1-22-12-11-13-23(2)45(57)47-31-20-33(59-21-34(51)48(9)29-14-16-30(50)17-15-29)35-36(41(31)55)40(54)27(6)43-37(35)44(56)46(8,62-43)60-19-18-32(58-10)24(3)42(61-28(7)49)26(5)39(53)25(4)38(22)52/h11-20,22,24-26,32,38-39,42,50,52-55H,21H2,1-10H3,(H,47,57). The predicted molar refractivity (Wildman–Crippen MR) is 229 cm³/mol. The van der Waals surface area contributed by atoms with Crippen molar-refractivity contribution in [1.82, 2.24) is 0 Å². The zero-order valence-electron chi connectivity index (χ0n) is 36.5. The molecule has 334 valence electrons. The van der Waals surface area contributed by atoms with E-state index >= 15 is 0 Å². The van der Waals surface area contributed by atoms with Gasteiger partial charge >= 0.3 is 11.8 Å². The van der Waals surface area contributed by atoms with Crippen molar-refractivity contribution in [3.8, 4) is 28.7 Å². The minimum atomic E-state index is -2.06. The number of phenols is 3. The Kier molecular flexibility index (Phi) is 14.3. The SMILES string of the molecule is COC1C=COC2(C)Oc3c(C)c(O)c4c(O)c(cc(OCC(=O)N(C)c5ccc(O)cc5)c4c3C2=O)NC(=O)C(C)=CC=CC(C)C(O)C(C)C(O)C(C)C(OC(C)=O)C1C. The molecule has 0 saturated heterocycles. The highest BCUT2D eigenvalue weighted by Crippen LogP contribution is 2.54. The Hall–Kier alpha value is -6.10. The molecule has 3 heterocycles. The number of nitrogens with one attached hydrogen (secondary N) is 1. The van der Waals surface area contributed by atoms with Crippen molar-refractivity contribution in [2.45, 2.75) is 85.6 Å². The van der Waals surface area contributed by atoms with E-state index in [1.165, 1.54) is 95.5 Å². The van der Waals surface area contributed by atoms with Gasteiger partial charge < -0.3 is 59.4 Å². The fourth-order valence-electron chi connectivity index (χ4n) is 7.81. The quantitative estimate of drug-likeness (QED) is 0.127. The first kappa shape index (κ1) is 47.0. The van der Waals surface area contributed by atoms with Crippen molar-refractivity contribution in [1.29, 1.82) is 0 Å². The van der Waals surface area contributed by atoms with Gasteiger partial charge in [-0.1, -0.05) is 45.9 Å². The van der Waals surface area contributed by atoms with Crippen LogP contribution in [0.15, 0.2) is 66.5 Å². The number of nitrogens with zero attached hydrogens (tertiary/aromatic N) is 1. The number of rotatable bonds is 6. The third-order valence-electron chi connectivity index (χ3n) is 11.8. The number of anilines is 2. The Morgan fingerprint density at radius 3 is 2.21 bits per heavy atom. The molecule has 3 aromatic rings. The summed E-state index contributed by atoms with van der Waals surface area (Å²) in [6.07, 6.45) is 3.43. The van der Waals surface area contributed by atoms with Crippen LogP contribution in [-0.2, 0) is 28.6 Å². The number of hydrogen-bond donors (Lipinski definition) is 6. The topological polar surface area (TPSA) is 231 Å². The van der Waals surface area contributed by atoms with Crippen molar-refractivity contribution in [2.24, 2.45) is 23.7 Å². The molecule has 0 spiro atoms. The van der Waals surface area contributed by atoms with E-state index < -0.39 is 95.5 Å². The second-order valence-corrected chi connectivity index (χ2v) is 16.2. The van der Waals surface area contributed by atoms with Gasteiger partial charge in [0.1, 0.15) is 29.1 Å². The maximum absolute atomic E-state index is 14.5. The van der Waals surface area contributed by atoms with Crippen LogP contribution in [0.1, 0.15) is 64.4 Å². The Balaban J connectivity index is 1.66. The Morgan fingerprint density at radius 1 is 0.919 bits per heavy atom. The van der Waals surface area contributed by atoms with Gasteiger partial charge in [-0.05, 0) is 44.2 Å². The molecule has 9 atom stereocenters. The fraction of sp³-hybridized carbons (Fsp3) is 0.435. The first-order valence-electron chi connectivity index (χ1n) is 20.2. The normalized spacial score (nSPS) is 27.0. The van der Waals surface area contributed by atoms with Gasteiger partial charge in [0.15, 0.2) is 12.4 Å². The molecule has 2 amide bonds. The van der Waals surface area contributed by atoms with Crippen molar-refractivity contribution >= 4 is 45.7 Å². The molecule has 3 aromatic carbocycles. The number of phenolic OH excluding ortho intramolecular Hbond substituents is 3. The van der Waals surface area contributed by atoms with Crippen LogP contribution in [0.25, 0.3) is 10.8 Å². The molecule has 6 N–H and O–H groups in total. The van der Waals surface area contributed by atoms with Crippen molar-refractivity contribution in [3.05, 3.63) is 77.6 Å². The van der Waals surface area contributed by atoms with E-state index in [1.807, 2.05) is 0 Å². The van der Waals surface area contributed by atoms with E-state index in [0.29, 0.717) is 5.69 Å². The predicted octanol–water partition coefficient (Wildman–Crippen LogP) is 5.80. The molecule has 3 aliphatic rings. The molecule has 0 saturated carbocycles. The Labute approximate surface area is 360 Å². The second-order valence-electron chi connectivity index (χ2n) is 16.2. The lowest BCUT2D eigenvalue weighted by Gasteiger charge is -2.38. The zero-order chi connectivity index (χ0) is 46.0. The average Bonchev–Trinajstić information content (AvgIpc) is 3.50. The molecule has 62 heavy (non-hydrogen) atoms. The number of esters is 1. The maximum Gasteiger partial charge on any atom is 0.312 e. The van der Waals surface area contributed by atoms with E-state index in [9.17, 15) is 44.7 Å². The third kappa shape index (κ3) is 9.37. The zero-order valence-corrected chi connectivity index (χ0v) is 36.5. The summed E-state index contributed by atoms with van der Waals surface area (Å²) in [5, 5.41) is 58.2. The summed E-state index contributed by atoms with van der Waals surface area (Å²) in [5.41, 5.74) is 0.270. The van der Waals surface area contributed by atoms with E-state index in [-0.39, 0.29) is 50.4 Å². The van der Waals surface area contributed by atoms with Crippen LogP contribution < -0.4 is 19.7 Å². The number of ketones is 1. The number of likely N-dealkylation sites (N-methyl/N-ethyl adjacent to an activating group) is 1. The highest BCUT2D eigenvalue weighted by atomic mass is 16.7. The lowest BCUT2D eigenvalue weighted by molar-refractivity contribution is -0.160. The average molecular weight is 861 g/mol. The number of carbonyl (C=O) groups excluding carboxylic acids is 4. The number of allylic oxidation sites excluding steroid dienone is 2. The van der Waals surface area contributed by atoms with Crippen molar-refractivity contribution in [3.63, 3.8) is 0 Å². The molecule has 0 aromatic heterocycles. The number of carbonyl (C=O) groups is 4. The molecular weight excluding hydrogens is 805 g/mol. The summed E-state index contributed by atoms with van der Waals surface area (Å²) >= 11 is 0. The molecule has 16 heteroatoms. The van der Waals surface area contributed by atoms with Gasteiger partial charge in [0.05, 0.1) is 41.2 Å². The number of aliphatic hydroxyl groups is 2. The first-order valence-corrected chi connectivity index (χ1v) is 20.2. The lowest BCUT2D eigenvalue weighted by Crippen LogP contribution is -2.46. The lowest BCUT2D eigenvalue weighted by atomic mass is 9.78. The summed E-state index contributed by atoms with van der Waals surface area (Å²) in [5.74, 6) is -8.60. The van der Waals surface area contributed by atoms with Crippen LogP contribution in [0, 0.1) is 30.6 Å². The minimum Gasteiger partial charge on any atom is -0.508 e. The van der Waals surface area contributed by atoms with E-state index in [1.54, 1.807) is 39.8 Å². The molecule has 16 nitrogen and oxygen atoms in total. The van der Waals surface area contributed by atoms with Crippen LogP contribution in [0.5, 0.6) is 28.7 Å². The summed E-state index contributed by atoms with van der Waals surface area (Å²) in [6, 6.07) is 7.09. The summed E-state index contributed by atoms with van der Waals surface area (Å²) in [4.78, 5) is 55.2. The summed E-state index contributed by atoms with van der Waals surface area (Å²) < 4.78 is 29.7. The highest BCUT2D eigenvalue weighted by Gasteiger charge is 2.50. The van der Waals surface area contributed by atoms with Crippen molar-refractivity contribution < 1.29 is 68.4 Å². The number of ether oxygens (including phenoxy) is 5. The Bertz CT molecular complexity index is 2300. The van der Waals surface area contributed by atoms with Gasteiger partial charge in [-0.3, -0.25) is 19.2 Å². The molecule has 6 rings (SSSR count). The highest BCUT2D eigenvalue weighted by molar-refractivity contribution is 6.21. The van der Waals surface area contributed by atoms with Gasteiger partial charge in [0.2, 0.25) is 0 Å². The molecular formula is C46H56N2O14. The third-order valence-corrected chi connectivity index (χ3v) is 11.8. The molecule has 0 fully saturated rings. The van der Waals surface area contributed by atoms with Crippen molar-refractivity contribution in [2.75, 3.05) is 31.0 Å². The molecule has 3 aliphatic heterocycles. The Morgan fingerprint density at radius 2 is 1.58 bits per heavy atom. The number of hydrogen-bond acceptors (Lipinski definition) is 14. The summed E-state index contributed by atoms with van der Waals surface area (Å²) in [7, 11) is 2.92. The number of benzene rings is 3. The van der Waals surface area contributed by atoms with Gasteiger partial charge in [-0.15, -0.1) is 0 Å². The number of aromatic hydroxyl groups is 3. The van der Waals surface area contributed by atoms with E-state index in [2.05, 4.69) is 5.32 Å². The number of aliphatic hydroxyl groups excluding tert-OH is 2. The minimum absolute atomic E-state index is 0.00114. The van der Waals surface area contributed by atoms with Crippen LogP contribution in [0.4, 0.5) is 11.4 Å². The number of methoxy groups -OCH3 is 1. The van der Waals surface area contributed by atoms with Crippen LogP contribution in [0.3, 0.4) is 0 Å². The molecule has 5 bridgehead atoms. The van der Waals surface area contributed by atoms with Crippen LogP contribution in [-0.4, -0.2) is 100 Å². The second kappa shape index (κ2) is 18.9. The first-order chi connectivity index (χ1) is 29.1. The van der Waals surface area contributed by atoms with Gasteiger partial charge in [-0.25, -0.2) is 0 Å². The van der Waals surface area contributed by atoms with Crippen LogP contribution in [0.2, 0.25) is 0 Å². The smallest absolute Gasteiger partial charge is 0.312 e. The molecule has 0 aliphatic carbocycles. The maximum atomic E-state index is 14.5. The largest absolute Gasteiger partial charge is 0.508 e. The van der Waals surface area contributed by atoms with Gasteiger partial charge in [-0.2, -0.15) is 0 Å². The monoisotopic (exact) mass is 860 g/mol. The van der Waals surface area contributed by atoms with Crippen LogP contribution >= 0.6 is 0 Å². The molecule has 0 radical (unpaired) electrons. The fourth-order valence-corrected chi connectivity index (χ4v) is 7.81.